The molecule has 1 aromatic rings. The zero-order chi connectivity index (χ0) is 14.7. The Balaban J connectivity index is 2.34. The van der Waals surface area contributed by atoms with E-state index in [0.29, 0.717) is 12.3 Å². The lowest BCUT2D eigenvalue weighted by atomic mass is 10.1. The van der Waals surface area contributed by atoms with Gasteiger partial charge in [-0.2, -0.15) is 0 Å². The molecule has 0 amide bonds. The number of halogens is 2. The quantitative estimate of drug-likeness (QED) is 0.781. The second-order valence-electron chi connectivity index (χ2n) is 4.23. The van der Waals surface area contributed by atoms with Crippen LogP contribution in [-0.4, -0.2) is 18.1 Å². The van der Waals surface area contributed by atoms with Crippen molar-refractivity contribution in [3.05, 3.63) is 46.0 Å². The number of allylic oxidation sites excluding steroid dienone is 4. The average molecular weight is 310 g/mol. The zero-order valence-corrected chi connectivity index (χ0v) is 12.6. The number of hydrogen-bond acceptors (Lipinski definition) is 3. The summed E-state index contributed by atoms with van der Waals surface area (Å²) in [7, 11) is 0. The summed E-state index contributed by atoms with van der Waals surface area (Å²) in [5.41, 5.74) is 2.29. The highest BCUT2D eigenvalue weighted by atomic mass is 35.5. The molecule has 0 saturated heterocycles. The van der Waals surface area contributed by atoms with Crippen molar-refractivity contribution in [1.29, 1.82) is 0 Å². The molecule has 0 spiro atoms. The molecule has 1 aromatic carbocycles. The van der Waals surface area contributed by atoms with Crippen molar-refractivity contribution in [2.24, 2.45) is 4.99 Å². The first-order valence-electron chi connectivity index (χ1n) is 6.12. The van der Waals surface area contributed by atoms with Crippen LogP contribution < -0.4 is 4.74 Å². The predicted octanol–water partition coefficient (Wildman–Crippen LogP) is 4.29. The summed E-state index contributed by atoms with van der Waals surface area (Å²) in [6.45, 7) is 4.49. The van der Waals surface area contributed by atoms with E-state index in [-0.39, 0.29) is 15.8 Å². The number of benzene rings is 1. The summed E-state index contributed by atoms with van der Waals surface area (Å²) in [4.78, 5) is 15.9. The van der Waals surface area contributed by atoms with E-state index in [9.17, 15) is 4.79 Å². The minimum Gasteiger partial charge on any atom is -0.494 e. The van der Waals surface area contributed by atoms with Crippen molar-refractivity contribution in [3.8, 4) is 5.75 Å². The highest BCUT2D eigenvalue weighted by molar-refractivity contribution is 6.57. The molecule has 0 heterocycles. The van der Waals surface area contributed by atoms with Crippen LogP contribution in [0.4, 0.5) is 5.69 Å². The van der Waals surface area contributed by atoms with E-state index in [2.05, 4.69) is 4.99 Å². The molecule has 0 aromatic heterocycles. The highest BCUT2D eigenvalue weighted by Crippen LogP contribution is 2.26. The van der Waals surface area contributed by atoms with Crippen molar-refractivity contribution < 1.29 is 9.53 Å². The van der Waals surface area contributed by atoms with E-state index in [1.807, 2.05) is 32.0 Å². The molecule has 5 heteroatoms. The Morgan fingerprint density at radius 3 is 2.40 bits per heavy atom. The molecule has 0 unspecified atom stereocenters. The molecule has 20 heavy (non-hydrogen) atoms. The van der Waals surface area contributed by atoms with Gasteiger partial charge in [0.15, 0.2) is 0 Å². The molecule has 0 atom stereocenters. The first kappa shape index (κ1) is 14.8. The van der Waals surface area contributed by atoms with Gasteiger partial charge in [0, 0.05) is 0 Å². The van der Waals surface area contributed by atoms with Crippen LogP contribution in [0.15, 0.2) is 45.4 Å². The van der Waals surface area contributed by atoms with E-state index < -0.39 is 0 Å². The number of rotatable bonds is 3. The Labute approximate surface area is 127 Å². The maximum absolute atomic E-state index is 11.4. The number of Topliss-reactive ketones (excluding diaryl/α,β-unsaturated/α-hetero) is 1. The van der Waals surface area contributed by atoms with E-state index in [1.165, 1.54) is 12.2 Å². The average Bonchev–Trinajstić information content (AvgIpc) is 2.39. The van der Waals surface area contributed by atoms with Crippen molar-refractivity contribution >= 4 is 40.4 Å². The molecule has 0 saturated carbocycles. The van der Waals surface area contributed by atoms with Gasteiger partial charge in [0.05, 0.1) is 28.1 Å². The summed E-state index contributed by atoms with van der Waals surface area (Å²) < 4.78 is 5.42. The molecule has 0 N–H and O–H groups in total. The third kappa shape index (κ3) is 3.30. The van der Waals surface area contributed by atoms with Crippen LogP contribution >= 0.6 is 23.2 Å². The van der Waals surface area contributed by atoms with Gasteiger partial charge >= 0.3 is 0 Å². The number of nitrogens with zero attached hydrogens (tertiary/aromatic N) is 1. The number of carbonyl (C=O) groups is 1. The summed E-state index contributed by atoms with van der Waals surface area (Å²) in [6, 6.07) is 5.61. The van der Waals surface area contributed by atoms with Crippen LogP contribution in [-0.2, 0) is 4.79 Å². The van der Waals surface area contributed by atoms with Gasteiger partial charge in [0.25, 0.3) is 0 Å². The van der Waals surface area contributed by atoms with Crippen LogP contribution in [0, 0.1) is 6.92 Å². The fourth-order valence-electron chi connectivity index (χ4n) is 1.76. The number of ketones is 1. The summed E-state index contributed by atoms with van der Waals surface area (Å²) in [5.74, 6) is 0.422. The third-order valence-corrected chi connectivity index (χ3v) is 3.27. The van der Waals surface area contributed by atoms with Gasteiger partial charge in [0.2, 0.25) is 5.78 Å². The van der Waals surface area contributed by atoms with E-state index in [4.69, 9.17) is 27.9 Å². The lowest BCUT2D eigenvalue weighted by Crippen LogP contribution is -2.07. The minimum atomic E-state index is -0.379. The molecule has 2 rings (SSSR count). The van der Waals surface area contributed by atoms with Crippen LogP contribution in [0.25, 0.3) is 0 Å². The SMILES string of the molecule is CCOc1ccc(N=C2C=C(Cl)C(=O)C(Cl)=C2)c(C)c1. The Kier molecular flexibility index (Phi) is 4.63. The van der Waals surface area contributed by atoms with Crippen LogP contribution in [0.1, 0.15) is 12.5 Å². The maximum atomic E-state index is 11.4. The second-order valence-corrected chi connectivity index (χ2v) is 5.05. The van der Waals surface area contributed by atoms with Crippen molar-refractivity contribution in [2.45, 2.75) is 13.8 Å². The normalized spacial score (nSPS) is 14.8. The zero-order valence-electron chi connectivity index (χ0n) is 11.1. The van der Waals surface area contributed by atoms with Crippen LogP contribution in [0.3, 0.4) is 0 Å². The van der Waals surface area contributed by atoms with Gasteiger partial charge in [-0.3, -0.25) is 4.79 Å². The molecule has 1 aliphatic carbocycles. The molecular weight excluding hydrogens is 297 g/mol. The molecule has 3 nitrogen and oxygen atoms in total. The number of aryl methyl sites for hydroxylation is 1. The third-order valence-electron chi connectivity index (χ3n) is 2.71. The lowest BCUT2D eigenvalue weighted by molar-refractivity contribution is -0.111. The molecule has 104 valence electrons. The van der Waals surface area contributed by atoms with Crippen molar-refractivity contribution in [1.82, 2.24) is 0 Å². The van der Waals surface area contributed by atoms with E-state index in [1.54, 1.807) is 0 Å². The Bertz CT molecular complexity index is 621. The fraction of sp³-hybridized carbons (Fsp3) is 0.200. The summed E-state index contributed by atoms with van der Waals surface area (Å²) in [5, 5.41) is 0.139. The molecule has 0 aliphatic heterocycles. The number of carbonyl (C=O) groups excluding carboxylic acids is 1. The predicted molar refractivity (Wildman–Crippen MR) is 82.3 cm³/mol. The van der Waals surface area contributed by atoms with E-state index >= 15 is 0 Å². The van der Waals surface area contributed by atoms with Gasteiger partial charge < -0.3 is 4.74 Å². The topological polar surface area (TPSA) is 38.7 Å². The largest absolute Gasteiger partial charge is 0.494 e. The van der Waals surface area contributed by atoms with Gasteiger partial charge in [0.1, 0.15) is 5.75 Å². The standard InChI is InChI=1S/C15H13Cl2NO2/c1-3-20-11-4-5-14(9(2)6-11)18-10-7-12(16)15(19)13(17)8-10/h4-8H,3H2,1-2H3. The van der Waals surface area contributed by atoms with Crippen LogP contribution in [0.5, 0.6) is 5.75 Å². The molecular formula is C15H13Cl2NO2. The second kappa shape index (κ2) is 6.25. The van der Waals surface area contributed by atoms with E-state index in [0.717, 1.165) is 17.0 Å². The molecule has 0 fully saturated rings. The van der Waals surface area contributed by atoms with Gasteiger partial charge in [-0.05, 0) is 49.8 Å². The molecule has 1 aliphatic rings. The van der Waals surface area contributed by atoms with Gasteiger partial charge in [-0.1, -0.05) is 23.2 Å². The summed E-state index contributed by atoms with van der Waals surface area (Å²) in [6.07, 6.45) is 3.01. The van der Waals surface area contributed by atoms with Gasteiger partial charge in [-0.25, -0.2) is 4.99 Å². The smallest absolute Gasteiger partial charge is 0.215 e. The number of hydrogen-bond donors (Lipinski definition) is 0. The Hall–Kier alpha value is -1.58. The molecule has 0 bridgehead atoms. The number of aliphatic imine (C=N–C) groups is 1. The first-order valence-corrected chi connectivity index (χ1v) is 6.88. The highest BCUT2D eigenvalue weighted by Gasteiger charge is 2.17. The number of ether oxygens (including phenoxy) is 1. The maximum Gasteiger partial charge on any atom is 0.215 e. The fourth-order valence-corrected chi connectivity index (χ4v) is 2.24. The molecule has 0 radical (unpaired) electrons. The van der Waals surface area contributed by atoms with Crippen LogP contribution in [0.2, 0.25) is 0 Å². The first-order chi connectivity index (χ1) is 9.51. The Morgan fingerprint density at radius 2 is 1.85 bits per heavy atom. The Morgan fingerprint density at radius 1 is 1.20 bits per heavy atom. The van der Waals surface area contributed by atoms with Gasteiger partial charge in [-0.15, -0.1) is 0 Å². The minimum absolute atomic E-state index is 0.0693. The van der Waals surface area contributed by atoms with Crippen molar-refractivity contribution in [2.75, 3.05) is 6.61 Å². The van der Waals surface area contributed by atoms with Crippen molar-refractivity contribution in [3.63, 3.8) is 0 Å². The monoisotopic (exact) mass is 309 g/mol. The lowest BCUT2D eigenvalue weighted by Gasteiger charge is -2.08. The summed E-state index contributed by atoms with van der Waals surface area (Å²) >= 11 is 11.6.